The van der Waals surface area contributed by atoms with Crippen LogP contribution in [0.3, 0.4) is 0 Å². The van der Waals surface area contributed by atoms with Crippen LogP contribution in [0.5, 0.6) is 0 Å². The fourth-order valence-electron chi connectivity index (χ4n) is 2.32. The molecule has 1 aromatic heterocycles. The molecule has 1 aromatic rings. The van der Waals surface area contributed by atoms with Crippen LogP contribution in [0.15, 0.2) is 6.07 Å². The maximum atomic E-state index is 5.80. The smallest absolute Gasteiger partial charge is 0.107 e. The lowest BCUT2D eigenvalue weighted by Crippen LogP contribution is -2.29. The number of thiocarbonyl (C=S) groups is 1. The van der Waals surface area contributed by atoms with Gasteiger partial charge in [-0.25, -0.2) is 0 Å². The largest absolute Gasteiger partial charge is 0.389 e. The van der Waals surface area contributed by atoms with E-state index in [1.54, 1.807) is 0 Å². The molecule has 5 heteroatoms. The maximum Gasteiger partial charge on any atom is 0.107 e. The molecular formula is C13H19N3OS. The SMILES string of the molecule is Cc1cc(NC2CCOCC2)c(C(N)=S)c(C)n1. The van der Waals surface area contributed by atoms with Crippen LogP contribution < -0.4 is 11.1 Å². The quantitative estimate of drug-likeness (QED) is 0.818. The molecule has 4 nitrogen and oxygen atoms in total. The number of aryl methyl sites for hydroxylation is 2. The lowest BCUT2D eigenvalue weighted by atomic mass is 10.1. The van der Waals surface area contributed by atoms with Gasteiger partial charge >= 0.3 is 0 Å². The molecule has 0 aliphatic carbocycles. The molecule has 0 bridgehead atoms. The highest BCUT2D eigenvalue weighted by molar-refractivity contribution is 7.80. The Morgan fingerprint density at radius 2 is 2.11 bits per heavy atom. The minimum absolute atomic E-state index is 0.398. The third kappa shape index (κ3) is 2.97. The molecule has 1 saturated heterocycles. The molecular weight excluding hydrogens is 246 g/mol. The van der Waals surface area contributed by atoms with E-state index >= 15 is 0 Å². The highest BCUT2D eigenvalue weighted by atomic mass is 32.1. The number of hydrogen-bond acceptors (Lipinski definition) is 4. The first kappa shape index (κ1) is 13.2. The molecule has 0 atom stereocenters. The highest BCUT2D eigenvalue weighted by Gasteiger charge is 2.17. The summed E-state index contributed by atoms with van der Waals surface area (Å²) in [7, 11) is 0. The summed E-state index contributed by atoms with van der Waals surface area (Å²) in [6.45, 7) is 5.54. The van der Waals surface area contributed by atoms with Gasteiger partial charge < -0.3 is 15.8 Å². The van der Waals surface area contributed by atoms with E-state index in [2.05, 4.69) is 10.3 Å². The van der Waals surface area contributed by atoms with Crippen LogP contribution >= 0.6 is 12.2 Å². The van der Waals surface area contributed by atoms with Crippen LogP contribution in [0.4, 0.5) is 5.69 Å². The van der Waals surface area contributed by atoms with E-state index in [4.69, 9.17) is 22.7 Å². The summed E-state index contributed by atoms with van der Waals surface area (Å²) < 4.78 is 5.36. The van der Waals surface area contributed by atoms with Crippen molar-refractivity contribution in [1.82, 2.24) is 4.98 Å². The second-order valence-electron chi connectivity index (χ2n) is 4.67. The van der Waals surface area contributed by atoms with Crippen molar-refractivity contribution in [2.24, 2.45) is 5.73 Å². The number of nitrogens with two attached hydrogens (primary N) is 1. The van der Waals surface area contributed by atoms with Crippen molar-refractivity contribution in [3.8, 4) is 0 Å². The third-order valence-electron chi connectivity index (χ3n) is 3.16. The van der Waals surface area contributed by atoms with Crippen LogP contribution in [0.25, 0.3) is 0 Å². The molecule has 2 rings (SSSR count). The molecule has 2 heterocycles. The van der Waals surface area contributed by atoms with Gasteiger partial charge in [0.2, 0.25) is 0 Å². The fourth-order valence-corrected chi connectivity index (χ4v) is 2.57. The number of hydrogen-bond donors (Lipinski definition) is 2. The molecule has 1 aliphatic heterocycles. The van der Waals surface area contributed by atoms with Gasteiger partial charge in [-0.3, -0.25) is 4.98 Å². The zero-order chi connectivity index (χ0) is 13.1. The minimum atomic E-state index is 0.398. The second kappa shape index (κ2) is 5.63. The molecule has 1 aliphatic rings. The van der Waals surface area contributed by atoms with Crippen LogP contribution in [-0.4, -0.2) is 29.2 Å². The summed E-state index contributed by atoms with van der Waals surface area (Å²) in [6, 6.07) is 2.43. The monoisotopic (exact) mass is 265 g/mol. The minimum Gasteiger partial charge on any atom is -0.389 e. The summed E-state index contributed by atoms with van der Waals surface area (Å²) in [5.41, 5.74) is 9.52. The highest BCUT2D eigenvalue weighted by Crippen LogP contribution is 2.22. The molecule has 18 heavy (non-hydrogen) atoms. The van der Waals surface area contributed by atoms with E-state index in [1.165, 1.54) is 0 Å². The van der Waals surface area contributed by atoms with Crippen LogP contribution in [-0.2, 0) is 4.74 Å². The predicted molar refractivity (Wildman–Crippen MR) is 77.1 cm³/mol. The fraction of sp³-hybridized carbons (Fsp3) is 0.538. The topological polar surface area (TPSA) is 60.2 Å². The number of nitrogens with zero attached hydrogens (tertiary/aromatic N) is 1. The maximum absolute atomic E-state index is 5.80. The Bertz CT molecular complexity index is 456. The molecule has 0 aromatic carbocycles. The molecule has 0 unspecified atom stereocenters. The Labute approximate surface area is 113 Å². The Morgan fingerprint density at radius 3 is 2.72 bits per heavy atom. The van der Waals surface area contributed by atoms with Gasteiger partial charge in [0.15, 0.2) is 0 Å². The van der Waals surface area contributed by atoms with Crippen molar-refractivity contribution in [1.29, 1.82) is 0 Å². The van der Waals surface area contributed by atoms with Crippen molar-refractivity contribution in [3.63, 3.8) is 0 Å². The molecule has 98 valence electrons. The van der Waals surface area contributed by atoms with Gasteiger partial charge in [-0.15, -0.1) is 0 Å². The normalized spacial score (nSPS) is 16.6. The van der Waals surface area contributed by atoms with Crippen LogP contribution in [0, 0.1) is 13.8 Å². The van der Waals surface area contributed by atoms with Gasteiger partial charge in [0.05, 0.1) is 5.56 Å². The first-order valence-electron chi connectivity index (χ1n) is 6.20. The summed E-state index contributed by atoms with van der Waals surface area (Å²) in [6.07, 6.45) is 2.02. The van der Waals surface area contributed by atoms with Crippen molar-refractivity contribution >= 4 is 22.9 Å². The zero-order valence-electron chi connectivity index (χ0n) is 10.8. The lowest BCUT2D eigenvalue weighted by Gasteiger charge is -2.25. The molecule has 0 spiro atoms. The van der Waals surface area contributed by atoms with E-state index in [1.807, 2.05) is 19.9 Å². The van der Waals surface area contributed by atoms with Gasteiger partial charge in [-0.05, 0) is 32.8 Å². The molecule has 0 saturated carbocycles. The van der Waals surface area contributed by atoms with Crippen LogP contribution in [0.2, 0.25) is 0 Å². The Kier molecular flexibility index (Phi) is 4.14. The average molecular weight is 265 g/mol. The Hall–Kier alpha value is -1.20. The van der Waals surface area contributed by atoms with Gasteiger partial charge in [0, 0.05) is 36.3 Å². The number of nitrogens with one attached hydrogen (secondary N) is 1. The van der Waals surface area contributed by atoms with Gasteiger partial charge in [-0.1, -0.05) is 12.2 Å². The number of ether oxygens (including phenoxy) is 1. The van der Waals surface area contributed by atoms with E-state index in [-0.39, 0.29) is 0 Å². The van der Waals surface area contributed by atoms with E-state index in [0.717, 1.165) is 48.7 Å². The molecule has 0 radical (unpaired) electrons. The predicted octanol–water partition coefficient (Wildman–Crippen LogP) is 1.92. The molecule has 3 N–H and O–H groups in total. The molecule has 1 fully saturated rings. The first-order valence-corrected chi connectivity index (χ1v) is 6.61. The summed E-state index contributed by atoms with van der Waals surface area (Å²) in [4.78, 5) is 4.81. The van der Waals surface area contributed by atoms with Gasteiger partial charge in [0.1, 0.15) is 4.99 Å². The number of rotatable bonds is 3. The van der Waals surface area contributed by atoms with Crippen LogP contribution in [0.1, 0.15) is 29.8 Å². The number of anilines is 1. The number of pyridine rings is 1. The Balaban J connectivity index is 2.27. The zero-order valence-corrected chi connectivity index (χ0v) is 11.6. The molecule has 0 amide bonds. The van der Waals surface area contributed by atoms with E-state index in [9.17, 15) is 0 Å². The third-order valence-corrected chi connectivity index (χ3v) is 3.36. The van der Waals surface area contributed by atoms with Crippen molar-refractivity contribution in [3.05, 3.63) is 23.0 Å². The first-order chi connectivity index (χ1) is 8.58. The van der Waals surface area contributed by atoms with E-state index in [0.29, 0.717) is 11.0 Å². The summed E-state index contributed by atoms with van der Waals surface area (Å²) >= 11 is 5.12. The van der Waals surface area contributed by atoms with Crippen molar-refractivity contribution in [2.45, 2.75) is 32.7 Å². The Morgan fingerprint density at radius 1 is 1.44 bits per heavy atom. The van der Waals surface area contributed by atoms with Crippen molar-refractivity contribution < 1.29 is 4.74 Å². The second-order valence-corrected chi connectivity index (χ2v) is 5.11. The average Bonchev–Trinajstić information content (AvgIpc) is 2.28. The summed E-state index contributed by atoms with van der Waals surface area (Å²) in [5.74, 6) is 0. The van der Waals surface area contributed by atoms with E-state index < -0.39 is 0 Å². The van der Waals surface area contributed by atoms with Crippen molar-refractivity contribution in [2.75, 3.05) is 18.5 Å². The standard InChI is InChI=1S/C13H19N3OS/c1-8-7-11(12(13(14)18)9(2)15-8)16-10-3-5-17-6-4-10/h7,10H,3-6H2,1-2H3,(H2,14,18)(H,15,16). The van der Waals surface area contributed by atoms with Gasteiger partial charge in [0.25, 0.3) is 0 Å². The summed E-state index contributed by atoms with van der Waals surface area (Å²) in [5, 5.41) is 3.52. The van der Waals surface area contributed by atoms with Gasteiger partial charge in [-0.2, -0.15) is 0 Å². The number of aromatic nitrogens is 1. The lowest BCUT2D eigenvalue weighted by molar-refractivity contribution is 0.0904.